The molecule has 0 bridgehead atoms. The number of carbonyl (C=O) groups excluding carboxylic acids is 2. The van der Waals surface area contributed by atoms with Crippen molar-refractivity contribution < 1.29 is 19.1 Å². The number of anilines is 1. The molecule has 1 fully saturated rings. The third kappa shape index (κ3) is 4.38. The molecule has 0 aromatic heterocycles. The summed E-state index contributed by atoms with van der Waals surface area (Å²) in [5.41, 5.74) is 0.745. The van der Waals surface area contributed by atoms with Gasteiger partial charge in [0.25, 0.3) is 0 Å². The molecule has 4 rings (SSSR count). The van der Waals surface area contributed by atoms with Crippen LogP contribution in [-0.2, 0) is 9.59 Å². The average Bonchev–Trinajstić information content (AvgIpc) is 3.18. The molecular formula is C24H24N2O4. The highest BCUT2D eigenvalue weighted by Gasteiger charge is 2.35. The van der Waals surface area contributed by atoms with E-state index in [2.05, 4.69) is 11.4 Å². The van der Waals surface area contributed by atoms with Crippen LogP contribution in [0.25, 0.3) is 10.8 Å². The van der Waals surface area contributed by atoms with E-state index < -0.39 is 0 Å². The van der Waals surface area contributed by atoms with Gasteiger partial charge in [-0.15, -0.1) is 0 Å². The summed E-state index contributed by atoms with van der Waals surface area (Å²) >= 11 is 0. The molecule has 3 aromatic carbocycles. The van der Waals surface area contributed by atoms with Crippen LogP contribution in [0.5, 0.6) is 11.5 Å². The Bertz CT molecular complexity index is 1070. The molecule has 1 aliphatic rings. The Hall–Kier alpha value is -3.54. The molecule has 6 nitrogen and oxygen atoms in total. The van der Waals surface area contributed by atoms with Crippen molar-refractivity contribution in [3.05, 3.63) is 66.7 Å². The fourth-order valence-corrected chi connectivity index (χ4v) is 3.66. The van der Waals surface area contributed by atoms with E-state index in [1.165, 1.54) is 0 Å². The summed E-state index contributed by atoms with van der Waals surface area (Å²) in [6, 6.07) is 21.3. The highest BCUT2D eigenvalue weighted by Crippen LogP contribution is 2.28. The van der Waals surface area contributed by atoms with Crippen molar-refractivity contribution in [1.29, 1.82) is 0 Å². The van der Waals surface area contributed by atoms with E-state index in [0.29, 0.717) is 25.4 Å². The molecule has 0 spiro atoms. The maximum Gasteiger partial charge on any atom is 0.227 e. The summed E-state index contributed by atoms with van der Waals surface area (Å²) in [6.07, 6.45) is 0.203. The molecule has 0 radical (unpaired) electrons. The predicted octanol–water partition coefficient (Wildman–Crippen LogP) is 3.40. The van der Waals surface area contributed by atoms with Gasteiger partial charge in [-0.1, -0.05) is 36.4 Å². The fraction of sp³-hybridized carbons (Fsp3) is 0.250. The van der Waals surface area contributed by atoms with Gasteiger partial charge < -0.3 is 19.7 Å². The summed E-state index contributed by atoms with van der Waals surface area (Å²) in [4.78, 5) is 26.5. The molecule has 30 heavy (non-hydrogen) atoms. The van der Waals surface area contributed by atoms with Crippen molar-refractivity contribution in [3.63, 3.8) is 0 Å². The summed E-state index contributed by atoms with van der Waals surface area (Å²) in [5, 5.41) is 5.15. The SMILES string of the molecule is COc1cccc(N2CC(C(=O)NCCOc3ccc4ccccc4c3)CC2=O)c1. The maximum atomic E-state index is 12.5. The second-order valence-corrected chi connectivity index (χ2v) is 7.26. The molecule has 154 valence electrons. The van der Waals surface area contributed by atoms with Gasteiger partial charge in [-0.25, -0.2) is 0 Å². The van der Waals surface area contributed by atoms with Gasteiger partial charge in [-0.05, 0) is 35.0 Å². The standard InChI is InChI=1S/C24H24N2O4/c1-29-21-8-4-7-20(15-21)26-16-19(14-23(26)27)24(28)25-11-12-30-22-10-9-17-5-2-3-6-18(17)13-22/h2-10,13,15,19H,11-12,14,16H2,1H3,(H,25,28). The topological polar surface area (TPSA) is 67.9 Å². The zero-order valence-corrected chi connectivity index (χ0v) is 16.8. The van der Waals surface area contributed by atoms with Crippen LogP contribution in [0, 0.1) is 5.92 Å². The van der Waals surface area contributed by atoms with E-state index in [9.17, 15) is 9.59 Å². The Morgan fingerprint density at radius 1 is 1.03 bits per heavy atom. The van der Waals surface area contributed by atoms with Gasteiger partial charge in [0.1, 0.15) is 18.1 Å². The van der Waals surface area contributed by atoms with Crippen molar-refractivity contribution in [1.82, 2.24) is 5.32 Å². The van der Waals surface area contributed by atoms with E-state index in [1.807, 2.05) is 54.6 Å². The summed E-state index contributed by atoms with van der Waals surface area (Å²) in [5.74, 6) is 0.887. The second-order valence-electron chi connectivity index (χ2n) is 7.26. The van der Waals surface area contributed by atoms with Crippen molar-refractivity contribution in [2.24, 2.45) is 5.92 Å². The van der Waals surface area contributed by atoms with Crippen LogP contribution in [0.3, 0.4) is 0 Å². The fourth-order valence-electron chi connectivity index (χ4n) is 3.66. The van der Waals surface area contributed by atoms with Crippen LogP contribution < -0.4 is 19.7 Å². The number of nitrogens with one attached hydrogen (secondary N) is 1. The zero-order chi connectivity index (χ0) is 20.9. The summed E-state index contributed by atoms with van der Waals surface area (Å²) in [6.45, 7) is 1.11. The minimum absolute atomic E-state index is 0.0594. The lowest BCUT2D eigenvalue weighted by Crippen LogP contribution is -2.35. The molecule has 2 amide bonds. The number of hydrogen-bond acceptors (Lipinski definition) is 4. The smallest absolute Gasteiger partial charge is 0.227 e. The number of benzene rings is 3. The van der Waals surface area contributed by atoms with Crippen LogP contribution in [0.2, 0.25) is 0 Å². The first kappa shape index (κ1) is 19.8. The molecule has 1 heterocycles. The van der Waals surface area contributed by atoms with Crippen LogP contribution >= 0.6 is 0 Å². The number of nitrogens with zero attached hydrogens (tertiary/aromatic N) is 1. The second kappa shape index (κ2) is 8.86. The van der Waals surface area contributed by atoms with Crippen molar-refractivity contribution >= 4 is 28.3 Å². The highest BCUT2D eigenvalue weighted by molar-refractivity contribution is 6.00. The first-order chi connectivity index (χ1) is 14.6. The number of ether oxygens (including phenoxy) is 2. The maximum absolute atomic E-state index is 12.5. The third-order valence-corrected chi connectivity index (χ3v) is 5.25. The first-order valence-electron chi connectivity index (χ1n) is 9.98. The molecular weight excluding hydrogens is 380 g/mol. The minimum Gasteiger partial charge on any atom is -0.497 e. The summed E-state index contributed by atoms with van der Waals surface area (Å²) < 4.78 is 11.0. The lowest BCUT2D eigenvalue weighted by molar-refractivity contribution is -0.126. The highest BCUT2D eigenvalue weighted by atomic mass is 16.5. The van der Waals surface area contributed by atoms with Gasteiger partial charge in [0, 0.05) is 24.7 Å². The normalized spacial score (nSPS) is 16.0. The van der Waals surface area contributed by atoms with Crippen LogP contribution in [-0.4, -0.2) is 38.6 Å². The molecule has 1 saturated heterocycles. The molecule has 1 atom stereocenters. The number of fused-ring (bicyclic) bond motifs is 1. The number of rotatable bonds is 7. The number of hydrogen-bond donors (Lipinski definition) is 1. The lowest BCUT2D eigenvalue weighted by atomic mass is 10.1. The van der Waals surface area contributed by atoms with E-state index in [4.69, 9.17) is 9.47 Å². The number of amides is 2. The van der Waals surface area contributed by atoms with Gasteiger partial charge >= 0.3 is 0 Å². The quantitative estimate of drug-likeness (QED) is 0.613. The Morgan fingerprint density at radius 3 is 2.70 bits per heavy atom. The van der Waals surface area contributed by atoms with Crippen molar-refractivity contribution in [2.45, 2.75) is 6.42 Å². The van der Waals surface area contributed by atoms with Gasteiger partial charge in [0.15, 0.2) is 0 Å². The molecule has 1 unspecified atom stereocenters. The molecule has 3 aromatic rings. The van der Waals surface area contributed by atoms with Gasteiger partial charge in [0.2, 0.25) is 11.8 Å². The molecule has 1 aliphatic heterocycles. The molecule has 0 saturated carbocycles. The van der Waals surface area contributed by atoms with Gasteiger partial charge in [-0.3, -0.25) is 9.59 Å². The van der Waals surface area contributed by atoms with Gasteiger partial charge in [-0.2, -0.15) is 0 Å². The third-order valence-electron chi connectivity index (χ3n) is 5.25. The lowest BCUT2D eigenvalue weighted by Gasteiger charge is -2.17. The van der Waals surface area contributed by atoms with Crippen molar-refractivity contribution in [2.75, 3.05) is 31.7 Å². The molecule has 0 aliphatic carbocycles. The minimum atomic E-state index is -0.371. The molecule has 6 heteroatoms. The molecule has 1 N–H and O–H groups in total. The average molecular weight is 404 g/mol. The predicted molar refractivity (Wildman–Crippen MR) is 116 cm³/mol. The number of methoxy groups -OCH3 is 1. The van der Waals surface area contributed by atoms with Crippen LogP contribution in [0.1, 0.15) is 6.42 Å². The Labute approximate surface area is 175 Å². The zero-order valence-electron chi connectivity index (χ0n) is 16.8. The first-order valence-corrected chi connectivity index (χ1v) is 9.98. The van der Waals surface area contributed by atoms with Crippen LogP contribution in [0.4, 0.5) is 5.69 Å². The summed E-state index contributed by atoms with van der Waals surface area (Å²) in [7, 11) is 1.58. The van der Waals surface area contributed by atoms with E-state index >= 15 is 0 Å². The Morgan fingerprint density at radius 2 is 1.87 bits per heavy atom. The van der Waals surface area contributed by atoms with Crippen molar-refractivity contribution in [3.8, 4) is 11.5 Å². The van der Waals surface area contributed by atoms with Crippen LogP contribution in [0.15, 0.2) is 66.7 Å². The van der Waals surface area contributed by atoms with E-state index in [-0.39, 0.29) is 24.2 Å². The largest absolute Gasteiger partial charge is 0.497 e. The monoisotopic (exact) mass is 404 g/mol. The Kier molecular flexibility index (Phi) is 5.84. The number of carbonyl (C=O) groups is 2. The Balaban J connectivity index is 1.27. The van der Waals surface area contributed by atoms with E-state index in [1.54, 1.807) is 18.1 Å². The van der Waals surface area contributed by atoms with Gasteiger partial charge in [0.05, 0.1) is 19.6 Å². The van der Waals surface area contributed by atoms with E-state index in [0.717, 1.165) is 22.2 Å².